The third-order valence-corrected chi connectivity index (χ3v) is 4.67. The van der Waals surface area contributed by atoms with Crippen LogP contribution in [0.1, 0.15) is 17.2 Å². The molecule has 1 unspecified atom stereocenters. The molecule has 3 rings (SSSR count). The smallest absolute Gasteiger partial charge is 0.225 e. The van der Waals surface area contributed by atoms with E-state index in [1.165, 1.54) is 27.6 Å². The second-order valence-corrected chi connectivity index (χ2v) is 6.39. The van der Waals surface area contributed by atoms with Gasteiger partial charge in [0, 0.05) is 17.0 Å². The van der Waals surface area contributed by atoms with Crippen LogP contribution in [-0.2, 0) is 11.2 Å². The van der Waals surface area contributed by atoms with E-state index in [2.05, 4.69) is 11.4 Å². The van der Waals surface area contributed by atoms with Crippen molar-refractivity contribution in [1.29, 1.82) is 5.26 Å². The van der Waals surface area contributed by atoms with Gasteiger partial charge in [0.15, 0.2) is 11.5 Å². The fraction of sp³-hybridized carbons (Fsp3) is 0.273. The number of fused-ring (bicyclic) bond motifs is 1. The molecular formula is C22H22N2O6. The van der Waals surface area contributed by atoms with Crippen molar-refractivity contribution in [3.8, 4) is 29.1 Å². The highest BCUT2D eigenvalue weighted by atomic mass is 16.5. The Kier molecular flexibility index (Phi) is 6.32. The molecule has 8 nitrogen and oxygen atoms in total. The van der Waals surface area contributed by atoms with Gasteiger partial charge in [-0.05, 0) is 29.8 Å². The Balaban J connectivity index is 1.81. The zero-order valence-corrected chi connectivity index (χ0v) is 17.1. The Morgan fingerprint density at radius 2 is 1.77 bits per heavy atom. The van der Waals surface area contributed by atoms with Gasteiger partial charge in [-0.25, -0.2) is 0 Å². The summed E-state index contributed by atoms with van der Waals surface area (Å²) in [5, 5.41) is 13.2. The molecule has 156 valence electrons. The molecule has 0 aliphatic carbocycles. The molecule has 0 fully saturated rings. The number of furan rings is 1. The Morgan fingerprint density at radius 3 is 2.33 bits per heavy atom. The minimum atomic E-state index is -0.899. The van der Waals surface area contributed by atoms with E-state index in [-0.39, 0.29) is 12.3 Å². The van der Waals surface area contributed by atoms with Gasteiger partial charge in [-0.15, -0.1) is 0 Å². The lowest BCUT2D eigenvalue weighted by Crippen LogP contribution is -2.29. The largest absolute Gasteiger partial charge is 0.497 e. The van der Waals surface area contributed by atoms with Crippen LogP contribution in [0.5, 0.6) is 23.0 Å². The summed E-state index contributed by atoms with van der Waals surface area (Å²) in [6.07, 6.45) is 1.59. The number of rotatable bonds is 8. The van der Waals surface area contributed by atoms with Crippen molar-refractivity contribution in [2.45, 2.75) is 12.5 Å². The number of nitrogens with one attached hydrogen (secondary N) is 1. The minimum absolute atomic E-state index is 0.0575. The molecular weight excluding hydrogens is 388 g/mol. The van der Waals surface area contributed by atoms with Crippen molar-refractivity contribution in [3.63, 3.8) is 0 Å². The molecule has 30 heavy (non-hydrogen) atoms. The first kappa shape index (κ1) is 20.9. The van der Waals surface area contributed by atoms with E-state index < -0.39 is 6.04 Å². The van der Waals surface area contributed by atoms with Gasteiger partial charge < -0.3 is 28.7 Å². The predicted octanol–water partition coefficient (Wildman–Crippen LogP) is 3.39. The van der Waals surface area contributed by atoms with Crippen LogP contribution in [-0.4, -0.2) is 34.3 Å². The standard InChI is InChI=1S/C22H22N2O6/c1-26-15-5-6-16-14(12-30-18(16)10-15)9-21(25)24-17(11-23)13-7-19(27-2)22(29-4)20(8-13)28-3/h5-8,10,12,17H,9H2,1-4H3,(H,24,25). The molecule has 0 radical (unpaired) electrons. The van der Waals surface area contributed by atoms with Crippen LogP contribution in [0.2, 0.25) is 0 Å². The summed E-state index contributed by atoms with van der Waals surface area (Å²) >= 11 is 0. The SMILES string of the molecule is COc1ccc2c(CC(=O)NC(C#N)c3cc(OC)c(OC)c(OC)c3)coc2c1. The lowest BCUT2D eigenvalue weighted by atomic mass is 10.1. The minimum Gasteiger partial charge on any atom is -0.497 e. The average molecular weight is 410 g/mol. The second-order valence-electron chi connectivity index (χ2n) is 6.39. The molecule has 0 saturated carbocycles. The van der Waals surface area contributed by atoms with Crippen molar-refractivity contribution in [2.75, 3.05) is 28.4 Å². The van der Waals surface area contributed by atoms with Crippen LogP contribution in [0.4, 0.5) is 0 Å². The Hall–Kier alpha value is -3.86. The summed E-state index contributed by atoms with van der Waals surface area (Å²) in [6.45, 7) is 0. The van der Waals surface area contributed by atoms with Gasteiger partial charge in [0.25, 0.3) is 0 Å². The van der Waals surface area contributed by atoms with Gasteiger partial charge in [-0.2, -0.15) is 5.26 Å². The van der Waals surface area contributed by atoms with Crippen molar-refractivity contribution >= 4 is 16.9 Å². The zero-order valence-electron chi connectivity index (χ0n) is 17.1. The number of nitrogens with zero attached hydrogens (tertiary/aromatic N) is 1. The fourth-order valence-corrected chi connectivity index (χ4v) is 3.17. The molecule has 1 heterocycles. The summed E-state index contributed by atoms with van der Waals surface area (Å²) in [7, 11) is 6.04. The molecule has 3 aromatic rings. The number of carbonyl (C=O) groups is 1. The molecule has 0 saturated heterocycles. The third-order valence-electron chi connectivity index (χ3n) is 4.67. The molecule has 0 aliphatic rings. The summed E-state index contributed by atoms with van der Waals surface area (Å²) in [5.74, 6) is 1.55. The number of carbonyl (C=O) groups excluding carboxylic acids is 1. The maximum Gasteiger partial charge on any atom is 0.225 e. The van der Waals surface area contributed by atoms with Crippen LogP contribution >= 0.6 is 0 Å². The van der Waals surface area contributed by atoms with Crippen LogP contribution in [0.3, 0.4) is 0 Å². The Labute approximate surface area is 173 Å². The van der Waals surface area contributed by atoms with E-state index >= 15 is 0 Å². The highest BCUT2D eigenvalue weighted by molar-refractivity contribution is 5.88. The highest BCUT2D eigenvalue weighted by Crippen LogP contribution is 2.39. The number of ether oxygens (including phenoxy) is 4. The number of amides is 1. The summed E-state index contributed by atoms with van der Waals surface area (Å²) < 4.78 is 26.6. The highest BCUT2D eigenvalue weighted by Gasteiger charge is 2.21. The first-order valence-electron chi connectivity index (χ1n) is 9.07. The molecule has 1 atom stereocenters. The topological polar surface area (TPSA) is 103 Å². The number of methoxy groups -OCH3 is 4. The quantitative estimate of drug-likeness (QED) is 0.607. The molecule has 1 aromatic heterocycles. The molecule has 2 aromatic carbocycles. The van der Waals surface area contributed by atoms with Gasteiger partial charge >= 0.3 is 0 Å². The third kappa shape index (κ3) is 4.10. The van der Waals surface area contributed by atoms with Crippen LogP contribution in [0.25, 0.3) is 11.0 Å². The van der Waals surface area contributed by atoms with Crippen molar-refractivity contribution in [2.24, 2.45) is 0 Å². The maximum atomic E-state index is 12.6. The molecule has 8 heteroatoms. The Bertz CT molecular complexity index is 1070. The van der Waals surface area contributed by atoms with Crippen molar-refractivity contribution in [3.05, 3.63) is 47.7 Å². The van der Waals surface area contributed by atoms with Crippen LogP contribution in [0.15, 0.2) is 41.0 Å². The number of benzene rings is 2. The second kappa shape index (κ2) is 9.09. The predicted molar refractivity (Wildman–Crippen MR) is 109 cm³/mol. The maximum absolute atomic E-state index is 12.6. The monoisotopic (exact) mass is 410 g/mol. The van der Waals surface area contributed by atoms with Crippen LogP contribution in [0, 0.1) is 11.3 Å². The number of nitriles is 1. The van der Waals surface area contributed by atoms with E-state index in [1.807, 2.05) is 6.07 Å². The van der Waals surface area contributed by atoms with Crippen molar-refractivity contribution in [1.82, 2.24) is 5.32 Å². The summed E-state index contributed by atoms with van der Waals surface area (Å²) in [4.78, 5) is 12.6. The first-order chi connectivity index (χ1) is 14.5. The first-order valence-corrected chi connectivity index (χ1v) is 9.07. The molecule has 1 amide bonds. The van der Waals surface area contributed by atoms with Gasteiger partial charge in [0.1, 0.15) is 17.4 Å². The van der Waals surface area contributed by atoms with E-state index in [0.717, 1.165) is 5.39 Å². The molecule has 0 aliphatic heterocycles. The van der Waals surface area contributed by atoms with Gasteiger partial charge in [-0.3, -0.25) is 4.79 Å². The average Bonchev–Trinajstić information content (AvgIpc) is 3.17. The van der Waals surface area contributed by atoms with E-state index in [9.17, 15) is 10.1 Å². The molecule has 1 N–H and O–H groups in total. The number of hydrogen-bond acceptors (Lipinski definition) is 7. The lowest BCUT2D eigenvalue weighted by molar-refractivity contribution is -0.120. The van der Waals surface area contributed by atoms with Crippen molar-refractivity contribution < 1.29 is 28.2 Å². The number of hydrogen-bond donors (Lipinski definition) is 1. The Morgan fingerprint density at radius 1 is 1.07 bits per heavy atom. The van der Waals surface area contributed by atoms with Gasteiger partial charge in [0.05, 0.1) is 47.2 Å². The van der Waals surface area contributed by atoms with E-state index in [1.54, 1.807) is 31.4 Å². The molecule has 0 spiro atoms. The summed E-state index contributed by atoms with van der Waals surface area (Å²) in [5.41, 5.74) is 1.85. The fourth-order valence-electron chi connectivity index (χ4n) is 3.17. The van der Waals surface area contributed by atoms with Gasteiger partial charge in [0.2, 0.25) is 11.7 Å². The van der Waals surface area contributed by atoms with Crippen LogP contribution < -0.4 is 24.3 Å². The lowest BCUT2D eigenvalue weighted by Gasteiger charge is -2.17. The normalized spacial score (nSPS) is 11.4. The zero-order chi connectivity index (χ0) is 21.7. The summed E-state index contributed by atoms with van der Waals surface area (Å²) in [6, 6.07) is 9.85. The molecule has 0 bridgehead atoms. The van der Waals surface area contributed by atoms with Gasteiger partial charge in [-0.1, -0.05) is 0 Å². The van der Waals surface area contributed by atoms with E-state index in [0.29, 0.717) is 39.7 Å². The van der Waals surface area contributed by atoms with E-state index in [4.69, 9.17) is 23.4 Å².